The van der Waals surface area contributed by atoms with Crippen molar-refractivity contribution in [3.63, 3.8) is 0 Å². The molecule has 5 rings (SSSR count). The van der Waals surface area contributed by atoms with Gasteiger partial charge in [-0.1, -0.05) is 52.3 Å². The van der Waals surface area contributed by atoms with Crippen molar-refractivity contribution in [1.82, 2.24) is 0 Å². The summed E-state index contributed by atoms with van der Waals surface area (Å²) in [5, 5.41) is 0. The van der Waals surface area contributed by atoms with Crippen LogP contribution in [0.1, 0.15) is 17.9 Å². The van der Waals surface area contributed by atoms with Crippen molar-refractivity contribution in [2.75, 3.05) is 6.61 Å². The minimum absolute atomic E-state index is 0.0192. The molecule has 1 aliphatic heterocycles. The first-order valence-electron chi connectivity index (χ1n) is 6.33. The molecule has 92 valence electrons. The maximum Gasteiger partial charge on any atom is 0.175 e. The molecule has 1 spiro atoms. The highest BCUT2D eigenvalue weighted by molar-refractivity contribution is 9.11. The molecule has 3 heteroatoms. The number of ether oxygens (including phenoxy) is 1. The second kappa shape index (κ2) is 3.55. The number of carbonyl (C=O) groups is 1. The summed E-state index contributed by atoms with van der Waals surface area (Å²) in [5.41, 5.74) is 0.802. The van der Waals surface area contributed by atoms with Crippen LogP contribution >= 0.6 is 15.9 Å². The van der Waals surface area contributed by atoms with Crippen LogP contribution in [0, 0.1) is 11.8 Å². The second-order valence-corrected chi connectivity index (χ2v) is 6.34. The minimum atomic E-state index is -0.469. The van der Waals surface area contributed by atoms with Crippen LogP contribution in [0.2, 0.25) is 0 Å². The lowest BCUT2D eigenvalue weighted by Crippen LogP contribution is -2.49. The Labute approximate surface area is 114 Å². The Balaban J connectivity index is 1.77. The van der Waals surface area contributed by atoms with Crippen molar-refractivity contribution < 1.29 is 9.53 Å². The number of ketones is 1. The highest BCUT2D eigenvalue weighted by atomic mass is 79.9. The lowest BCUT2D eigenvalue weighted by molar-refractivity contribution is -0.132. The standard InChI is InChI=1S/C15H13BrO2/c16-13-7-11-10(9-4-2-1-3-5-9)6-12(13)15(8-18-15)14(11)17/h1-5,7,10-12H,6,8H2/t10-,11?,12?,15+/m1/s1. The Morgan fingerprint density at radius 3 is 2.67 bits per heavy atom. The zero-order chi connectivity index (χ0) is 12.3. The fourth-order valence-electron chi connectivity index (χ4n) is 3.51. The van der Waals surface area contributed by atoms with Crippen LogP contribution in [-0.2, 0) is 9.53 Å². The fourth-order valence-corrected chi connectivity index (χ4v) is 4.35. The van der Waals surface area contributed by atoms with Gasteiger partial charge in [0.2, 0.25) is 0 Å². The van der Waals surface area contributed by atoms with E-state index in [-0.39, 0.29) is 17.6 Å². The smallest absolute Gasteiger partial charge is 0.175 e. The summed E-state index contributed by atoms with van der Waals surface area (Å²) in [7, 11) is 0. The molecule has 18 heavy (non-hydrogen) atoms. The molecular weight excluding hydrogens is 292 g/mol. The van der Waals surface area contributed by atoms with Gasteiger partial charge in [-0.2, -0.15) is 0 Å². The molecule has 2 unspecified atom stereocenters. The molecule has 3 aliphatic carbocycles. The average Bonchev–Trinajstić information content (AvgIpc) is 3.18. The summed E-state index contributed by atoms with van der Waals surface area (Å²) in [5.74, 6) is 0.810. The third-order valence-electron chi connectivity index (χ3n) is 4.56. The molecule has 1 saturated heterocycles. The van der Waals surface area contributed by atoms with E-state index in [0.717, 1.165) is 10.9 Å². The van der Waals surface area contributed by atoms with Gasteiger partial charge in [0.1, 0.15) is 0 Å². The summed E-state index contributed by atoms with van der Waals surface area (Å²) < 4.78 is 6.68. The van der Waals surface area contributed by atoms with E-state index in [1.165, 1.54) is 5.56 Å². The van der Waals surface area contributed by atoms with Gasteiger partial charge in [0, 0.05) is 11.8 Å². The van der Waals surface area contributed by atoms with Crippen LogP contribution < -0.4 is 0 Å². The Kier molecular flexibility index (Phi) is 2.16. The molecule has 0 aromatic heterocycles. The summed E-state index contributed by atoms with van der Waals surface area (Å²) in [6.45, 7) is 0.609. The second-order valence-electron chi connectivity index (χ2n) is 5.43. The number of hydrogen-bond acceptors (Lipinski definition) is 2. The van der Waals surface area contributed by atoms with Gasteiger partial charge in [-0.15, -0.1) is 0 Å². The molecule has 2 nitrogen and oxygen atoms in total. The number of epoxide rings is 1. The van der Waals surface area contributed by atoms with E-state index >= 15 is 0 Å². The van der Waals surface area contributed by atoms with E-state index in [2.05, 4.69) is 34.1 Å². The number of allylic oxidation sites excluding steroid dienone is 1. The van der Waals surface area contributed by atoms with Crippen LogP contribution in [0.15, 0.2) is 40.9 Å². The topological polar surface area (TPSA) is 29.6 Å². The number of Topliss-reactive ketones (excluding diaryl/α,β-unsaturated/α-hetero) is 1. The monoisotopic (exact) mass is 304 g/mol. The highest BCUT2D eigenvalue weighted by Gasteiger charge is 2.66. The largest absolute Gasteiger partial charge is 0.361 e. The molecule has 1 aromatic carbocycles. The van der Waals surface area contributed by atoms with E-state index in [9.17, 15) is 4.79 Å². The van der Waals surface area contributed by atoms with E-state index < -0.39 is 5.60 Å². The number of hydrogen-bond donors (Lipinski definition) is 0. The maximum absolute atomic E-state index is 12.5. The number of carbonyl (C=O) groups excluding carboxylic acids is 1. The first kappa shape index (κ1) is 10.9. The van der Waals surface area contributed by atoms with Gasteiger partial charge in [-0.05, 0) is 22.4 Å². The van der Waals surface area contributed by atoms with Crippen LogP contribution in [0.5, 0.6) is 0 Å². The Morgan fingerprint density at radius 2 is 2.00 bits per heavy atom. The Hall–Kier alpha value is -0.930. The molecule has 4 aliphatic rings. The van der Waals surface area contributed by atoms with E-state index in [4.69, 9.17) is 4.74 Å². The number of benzene rings is 1. The first-order chi connectivity index (χ1) is 8.72. The quantitative estimate of drug-likeness (QED) is 0.746. The molecule has 1 heterocycles. The van der Waals surface area contributed by atoms with Gasteiger partial charge in [0.15, 0.2) is 11.4 Å². The van der Waals surface area contributed by atoms with Crippen molar-refractivity contribution in [2.24, 2.45) is 11.8 Å². The van der Waals surface area contributed by atoms with Gasteiger partial charge in [0.05, 0.1) is 6.61 Å². The lowest BCUT2D eigenvalue weighted by Gasteiger charge is -2.42. The summed E-state index contributed by atoms with van der Waals surface area (Å²) in [4.78, 5) is 12.5. The lowest BCUT2D eigenvalue weighted by atomic mass is 9.61. The van der Waals surface area contributed by atoms with Crippen LogP contribution in [0.3, 0.4) is 0 Å². The third kappa shape index (κ3) is 1.29. The fraction of sp³-hybridized carbons (Fsp3) is 0.400. The summed E-state index contributed by atoms with van der Waals surface area (Å²) >= 11 is 3.62. The number of halogens is 1. The summed E-state index contributed by atoms with van der Waals surface area (Å²) in [6.07, 6.45) is 3.11. The van der Waals surface area contributed by atoms with Gasteiger partial charge in [0.25, 0.3) is 0 Å². The normalized spacial score (nSPS) is 41.1. The average molecular weight is 305 g/mol. The molecule has 0 radical (unpaired) electrons. The van der Waals surface area contributed by atoms with Crippen molar-refractivity contribution in [2.45, 2.75) is 17.9 Å². The van der Waals surface area contributed by atoms with E-state index in [1.54, 1.807) is 0 Å². The number of rotatable bonds is 1. The maximum atomic E-state index is 12.5. The SMILES string of the molecule is O=C1C2C=C(Br)C(C[C@@H]2c2ccccc2)[C@@]12CO2. The van der Waals surface area contributed by atoms with Gasteiger partial charge in [-0.3, -0.25) is 4.79 Å². The predicted molar refractivity (Wildman–Crippen MR) is 71.5 cm³/mol. The van der Waals surface area contributed by atoms with Crippen LogP contribution in [0.4, 0.5) is 0 Å². The zero-order valence-corrected chi connectivity index (χ0v) is 11.4. The molecule has 0 amide bonds. The molecule has 1 aromatic rings. The van der Waals surface area contributed by atoms with Gasteiger partial charge < -0.3 is 4.74 Å². The molecule has 4 atom stereocenters. The summed E-state index contributed by atoms with van der Waals surface area (Å²) in [6, 6.07) is 10.4. The number of fused-ring (bicyclic) bond motifs is 1. The zero-order valence-electron chi connectivity index (χ0n) is 9.80. The van der Waals surface area contributed by atoms with Crippen LogP contribution in [0.25, 0.3) is 0 Å². The first-order valence-corrected chi connectivity index (χ1v) is 7.12. The molecule has 2 bridgehead atoms. The molecular formula is C15H13BrO2. The minimum Gasteiger partial charge on any atom is -0.361 e. The van der Waals surface area contributed by atoms with Crippen molar-refractivity contribution in [1.29, 1.82) is 0 Å². The highest BCUT2D eigenvalue weighted by Crippen LogP contribution is 2.58. The third-order valence-corrected chi connectivity index (χ3v) is 5.38. The van der Waals surface area contributed by atoms with Crippen molar-refractivity contribution in [3.05, 3.63) is 46.5 Å². The Bertz CT molecular complexity index is 545. The molecule has 0 N–H and O–H groups in total. The van der Waals surface area contributed by atoms with Crippen molar-refractivity contribution >= 4 is 21.7 Å². The van der Waals surface area contributed by atoms with Gasteiger partial charge >= 0.3 is 0 Å². The molecule has 1 saturated carbocycles. The molecule has 2 fully saturated rings. The van der Waals surface area contributed by atoms with Crippen molar-refractivity contribution in [3.8, 4) is 0 Å². The Morgan fingerprint density at radius 1 is 1.28 bits per heavy atom. The predicted octanol–water partition coefficient (Wildman–Crippen LogP) is 3.04. The van der Waals surface area contributed by atoms with Crippen LogP contribution in [-0.4, -0.2) is 18.0 Å². The van der Waals surface area contributed by atoms with Gasteiger partial charge in [-0.25, -0.2) is 0 Å². The van der Waals surface area contributed by atoms with E-state index in [0.29, 0.717) is 12.5 Å². The van der Waals surface area contributed by atoms with E-state index in [1.807, 2.05) is 18.2 Å².